The largest absolute Gasteiger partial charge is 0.456 e. The Bertz CT molecular complexity index is 1890. The molecule has 2 amide bonds. The zero-order chi connectivity index (χ0) is 34.2. The number of nitrogens with one attached hydrogen (secondary N) is 2. The number of carbonyl (C=O) groups is 2. The van der Waals surface area contributed by atoms with Crippen LogP contribution in [0.15, 0.2) is 120 Å². The van der Waals surface area contributed by atoms with Crippen molar-refractivity contribution in [2.75, 3.05) is 12.3 Å². The number of allylic oxidation sites excluding steroid dienone is 4. The molecule has 0 aliphatic rings. The highest BCUT2D eigenvalue weighted by Gasteiger charge is 2.22. The summed E-state index contributed by atoms with van der Waals surface area (Å²) >= 11 is 0. The van der Waals surface area contributed by atoms with E-state index in [0.717, 1.165) is 27.7 Å². The molecule has 0 saturated carbocycles. The average molecular weight is 653 g/mol. The van der Waals surface area contributed by atoms with E-state index in [1.807, 2.05) is 54.6 Å². The van der Waals surface area contributed by atoms with Crippen molar-refractivity contribution in [3.05, 3.63) is 144 Å². The fraction of sp³-hybridized carbons (Fsp3) is 0.211. The van der Waals surface area contributed by atoms with Crippen LogP contribution in [-0.2, 0) is 21.3 Å². The fourth-order valence-electron chi connectivity index (χ4n) is 4.68. The summed E-state index contributed by atoms with van der Waals surface area (Å²) in [7, 11) is -4.18. The van der Waals surface area contributed by atoms with E-state index in [0.29, 0.717) is 29.0 Å². The van der Waals surface area contributed by atoms with Crippen LogP contribution >= 0.6 is 0 Å². The van der Waals surface area contributed by atoms with Crippen LogP contribution in [0.5, 0.6) is 0 Å². The summed E-state index contributed by atoms with van der Waals surface area (Å²) in [5.74, 6) is -1.25. The Morgan fingerprint density at radius 3 is 2.28 bits per heavy atom. The summed E-state index contributed by atoms with van der Waals surface area (Å²) in [4.78, 5) is 26.1. The third-order valence-electron chi connectivity index (χ3n) is 7.24. The number of hydrogen-bond acceptors (Lipinski definition) is 5. The first-order chi connectivity index (χ1) is 22.2. The van der Waals surface area contributed by atoms with E-state index in [2.05, 4.69) is 56.7 Å². The van der Waals surface area contributed by atoms with Gasteiger partial charge in [-0.3, -0.25) is 14.1 Å². The minimum atomic E-state index is -4.18. The molecule has 9 heteroatoms. The molecule has 1 heterocycles. The number of para-hydroxylation sites is 1. The molecule has 8 nitrogen and oxygen atoms in total. The number of fused-ring (bicyclic) bond motifs is 1. The van der Waals surface area contributed by atoms with Crippen LogP contribution in [0.4, 0.5) is 0 Å². The lowest BCUT2D eigenvalue weighted by Gasteiger charge is -2.18. The van der Waals surface area contributed by atoms with Crippen molar-refractivity contribution in [2.24, 2.45) is 5.41 Å². The third-order valence-corrected chi connectivity index (χ3v) is 7.96. The fourth-order valence-corrected chi connectivity index (χ4v) is 5.04. The van der Waals surface area contributed by atoms with E-state index in [1.54, 1.807) is 36.4 Å². The van der Waals surface area contributed by atoms with Crippen molar-refractivity contribution < 1.29 is 27.0 Å². The Morgan fingerprint density at radius 2 is 1.64 bits per heavy atom. The molecule has 1 aromatic heterocycles. The van der Waals surface area contributed by atoms with Gasteiger partial charge in [-0.05, 0) is 64.9 Å². The van der Waals surface area contributed by atoms with Gasteiger partial charge >= 0.3 is 0 Å². The molecular weight excluding hydrogens is 612 g/mol. The van der Waals surface area contributed by atoms with E-state index in [1.165, 1.54) is 0 Å². The van der Waals surface area contributed by atoms with Crippen molar-refractivity contribution >= 4 is 44.6 Å². The number of benzene rings is 3. The van der Waals surface area contributed by atoms with Gasteiger partial charge < -0.3 is 15.1 Å². The van der Waals surface area contributed by atoms with Crippen molar-refractivity contribution in [2.45, 2.75) is 33.1 Å². The van der Waals surface area contributed by atoms with Gasteiger partial charge in [0.15, 0.2) is 0 Å². The van der Waals surface area contributed by atoms with Gasteiger partial charge in [-0.1, -0.05) is 101 Å². The maximum atomic E-state index is 13.7. The molecule has 0 bridgehead atoms. The monoisotopic (exact) mass is 652 g/mol. The summed E-state index contributed by atoms with van der Waals surface area (Å²) in [6.45, 7) is 14.3. The zero-order valence-electron chi connectivity index (χ0n) is 26.8. The number of carbonyl (C=O) groups excluding carboxylic acids is 2. The molecule has 3 aromatic carbocycles. The predicted octanol–water partition coefficient (Wildman–Crippen LogP) is 7.34. The summed E-state index contributed by atoms with van der Waals surface area (Å²) in [5.41, 5.74) is 4.78. The van der Waals surface area contributed by atoms with Crippen LogP contribution in [0.1, 0.15) is 59.5 Å². The van der Waals surface area contributed by atoms with Gasteiger partial charge in [-0.2, -0.15) is 8.42 Å². The summed E-state index contributed by atoms with van der Waals surface area (Å²) < 4.78 is 36.6. The minimum absolute atomic E-state index is 0.0320. The molecule has 0 spiro atoms. The normalized spacial score (nSPS) is 12.8. The molecular formula is C38H40N2O6S. The number of rotatable bonds is 13. The molecule has 0 aliphatic carbocycles. The van der Waals surface area contributed by atoms with Gasteiger partial charge in [0.05, 0.1) is 11.7 Å². The molecule has 4 aromatic rings. The van der Waals surface area contributed by atoms with E-state index < -0.39 is 27.7 Å². The first-order valence-corrected chi connectivity index (χ1v) is 16.7. The molecule has 0 fully saturated rings. The standard InChI is InChI=1S/C38H40N2O6S/c1-26(35-25-32-8-6-7-9-34(32)46-35)10-11-27(2)40-37(42)33(30-16-12-28(13-17-30)20-21-38(3,4)5)24-29-14-18-31(19-15-29)36(41)39-22-23-47(43,44)45/h6-21,25,33H,1-2,22-24H2,3-5H3,(H,39,41)(H,40,42)(H,43,44,45). The zero-order valence-corrected chi connectivity index (χ0v) is 27.6. The highest BCUT2D eigenvalue weighted by atomic mass is 32.2. The summed E-state index contributed by atoms with van der Waals surface area (Å²) in [5, 5.41) is 6.35. The SMILES string of the molecule is C=C(C=CC(=C)c1cc2ccccc2o1)NC(=O)C(Cc1ccc(C(=O)NCCS(=O)(=O)O)cc1)c1ccc(C=CC(C)(C)C)cc1. The lowest BCUT2D eigenvalue weighted by atomic mass is 9.89. The minimum Gasteiger partial charge on any atom is -0.456 e. The van der Waals surface area contributed by atoms with Gasteiger partial charge in [0, 0.05) is 28.8 Å². The Balaban J connectivity index is 1.49. The first-order valence-electron chi connectivity index (χ1n) is 15.1. The molecule has 0 aliphatic heterocycles. The second-order valence-corrected chi connectivity index (χ2v) is 14.0. The van der Waals surface area contributed by atoms with Crippen LogP contribution in [0, 0.1) is 5.41 Å². The quantitative estimate of drug-likeness (QED) is 0.103. The topological polar surface area (TPSA) is 126 Å². The Labute approximate surface area is 276 Å². The molecule has 244 valence electrons. The van der Waals surface area contributed by atoms with Gasteiger partial charge in [-0.25, -0.2) is 0 Å². The second-order valence-electron chi connectivity index (χ2n) is 12.4. The Morgan fingerprint density at radius 1 is 0.957 bits per heavy atom. The molecule has 0 radical (unpaired) electrons. The predicted molar refractivity (Wildman–Crippen MR) is 188 cm³/mol. The van der Waals surface area contributed by atoms with Crippen LogP contribution in [-0.4, -0.2) is 37.1 Å². The highest BCUT2D eigenvalue weighted by Crippen LogP contribution is 2.26. The smallest absolute Gasteiger partial charge is 0.266 e. The molecule has 47 heavy (non-hydrogen) atoms. The van der Waals surface area contributed by atoms with Crippen molar-refractivity contribution in [3.8, 4) is 0 Å². The highest BCUT2D eigenvalue weighted by molar-refractivity contribution is 7.85. The van der Waals surface area contributed by atoms with Crippen LogP contribution in [0.3, 0.4) is 0 Å². The molecule has 3 N–H and O–H groups in total. The van der Waals surface area contributed by atoms with Crippen LogP contribution < -0.4 is 10.6 Å². The summed E-state index contributed by atoms with van der Waals surface area (Å²) in [6, 6.07) is 24.2. The number of hydrogen-bond donors (Lipinski definition) is 3. The van der Waals surface area contributed by atoms with E-state index >= 15 is 0 Å². The van der Waals surface area contributed by atoms with Gasteiger partial charge in [0.25, 0.3) is 16.0 Å². The van der Waals surface area contributed by atoms with E-state index in [4.69, 9.17) is 8.97 Å². The van der Waals surface area contributed by atoms with Crippen LogP contribution in [0.25, 0.3) is 22.6 Å². The Kier molecular flexibility index (Phi) is 11.2. The first kappa shape index (κ1) is 34.9. The van der Waals surface area contributed by atoms with Crippen LogP contribution in [0.2, 0.25) is 0 Å². The van der Waals surface area contributed by atoms with E-state index in [9.17, 15) is 18.0 Å². The maximum absolute atomic E-state index is 13.7. The van der Waals surface area contributed by atoms with Gasteiger partial charge in [-0.15, -0.1) is 0 Å². The molecule has 1 atom stereocenters. The van der Waals surface area contributed by atoms with Crippen molar-refractivity contribution in [1.82, 2.24) is 10.6 Å². The lowest BCUT2D eigenvalue weighted by Crippen LogP contribution is -2.29. The third kappa shape index (κ3) is 10.8. The lowest BCUT2D eigenvalue weighted by molar-refractivity contribution is -0.121. The maximum Gasteiger partial charge on any atom is 0.266 e. The number of furan rings is 1. The Hall–Kier alpha value is -4.99. The van der Waals surface area contributed by atoms with Crippen molar-refractivity contribution in [1.29, 1.82) is 0 Å². The van der Waals surface area contributed by atoms with Gasteiger partial charge in [0.2, 0.25) is 5.91 Å². The second kappa shape index (κ2) is 15.1. The summed E-state index contributed by atoms with van der Waals surface area (Å²) in [6.07, 6.45) is 7.95. The van der Waals surface area contributed by atoms with E-state index in [-0.39, 0.29) is 17.9 Å². The number of amides is 2. The molecule has 0 saturated heterocycles. The molecule has 1 unspecified atom stereocenters. The average Bonchev–Trinajstić information content (AvgIpc) is 3.46. The van der Waals surface area contributed by atoms with Gasteiger partial charge in [0.1, 0.15) is 11.3 Å². The molecule has 4 rings (SSSR count). The van der Waals surface area contributed by atoms with Crippen molar-refractivity contribution in [3.63, 3.8) is 0 Å².